The lowest BCUT2D eigenvalue weighted by Gasteiger charge is -2.31. The predicted molar refractivity (Wildman–Crippen MR) is 101 cm³/mol. The molecule has 11 N–H and O–H groups in total. The summed E-state index contributed by atoms with van der Waals surface area (Å²) in [5.74, 6) is 0. The average Bonchev–Trinajstić information content (AvgIpc) is 3.39. The summed E-state index contributed by atoms with van der Waals surface area (Å²) < 4.78 is 26.6. The Labute approximate surface area is 192 Å². The first-order valence-corrected chi connectivity index (χ1v) is 10.6. The standard InChI is InChI=1S/C18H32O16/c19-1-4(22)12-7(24)9(26)17(32-12)30-6(3-21)14-15(11(28)16(29)31-14)34-18-10(27)8(25)13(33-18)5(23)2-20/h4-29H,1-3H2/t4-,5-,6-,7-,8-,9-,10-,11-,12+,13+,14+,15-,16+,17-,18+/m1/s1. The predicted octanol–water partition coefficient (Wildman–Crippen LogP) is -7.57. The van der Waals surface area contributed by atoms with Gasteiger partial charge in [-0.05, 0) is 0 Å². The SMILES string of the molecule is OC[C@@H](O)[C@@H]1O[C@@H](O[C@@H]2[C@@H](O)[C@@H](O)O[C@H]2[C@@H](CO)O[C@@H]2O[C@@H]([C@H](O)CO)[C@H](O)[C@H]2O)[C@H](O)[C@H]1O. The molecule has 3 rings (SSSR count). The van der Waals surface area contributed by atoms with Gasteiger partial charge in [0.25, 0.3) is 0 Å². The van der Waals surface area contributed by atoms with E-state index < -0.39 is 112 Å². The summed E-state index contributed by atoms with van der Waals surface area (Å²) in [6.07, 6.45) is -24.1. The number of rotatable bonds is 10. The monoisotopic (exact) mass is 504 g/mol. The second kappa shape index (κ2) is 11.6. The van der Waals surface area contributed by atoms with E-state index in [4.69, 9.17) is 33.9 Å². The Balaban J connectivity index is 1.71. The molecule has 3 aliphatic heterocycles. The van der Waals surface area contributed by atoms with Gasteiger partial charge in [-0.25, -0.2) is 0 Å². The van der Waals surface area contributed by atoms with Crippen molar-refractivity contribution in [2.45, 2.75) is 92.1 Å². The number of aliphatic hydroxyl groups is 11. The van der Waals surface area contributed by atoms with Crippen molar-refractivity contribution in [2.75, 3.05) is 19.8 Å². The van der Waals surface area contributed by atoms with Gasteiger partial charge in [-0.15, -0.1) is 0 Å². The summed E-state index contributed by atoms with van der Waals surface area (Å²) in [6.45, 7) is -2.42. The Morgan fingerprint density at radius 2 is 1.09 bits per heavy atom. The molecule has 0 aromatic rings. The summed E-state index contributed by atoms with van der Waals surface area (Å²) in [5.41, 5.74) is 0. The molecule has 0 amide bonds. The Morgan fingerprint density at radius 1 is 0.588 bits per heavy atom. The van der Waals surface area contributed by atoms with Crippen LogP contribution < -0.4 is 0 Å². The van der Waals surface area contributed by atoms with Gasteiger partial charge in [0, 0.05) is 0 Å². The molecule has 16 nitrogen and oxygen atoms in total. The van der Waals surface area contributed by atoms with Crippen LogP contribution in [0.15, 0.2) is 0 Å². The Hall–Kier alpha value is -0.640. The Kier molecular flexibility index (Phi) is 9.54. The van der Waals surface area contributed by atoms with Crippen LogP contribution in [0.4, 0.5) is 0 Å². The van der Waals surface area contributed by atoms with Crippen LogP contribution in [0.2, 0.25) is 0 Å². The third kappa shape index (κ3) is 5.37. The molecule has 3 heterocycles. The number of hydrogen-bond acceptors (Lipinski definition) is 16. The quantitative estimate of drug-likeness (QED) is 0.132. The average molecular weight is 504 g/mol. The molecule has 0 saturated carbocycles. The van der Waals surface area contributed by atoms with E-state index in [1.807, 2.05) is 0 Å². The maximum atomic E-state index is 10.3. The minimum Gasteiger partial charge on any atom is -0.394 e. The lowest BCUT2D eigenvalue weighted by molar-refractivity contribution is -0.256. The van der Waals surface area contributed by atoms with Crippen molar-refractivity contribution in [3.05, 3.63) is 0 Å². The van der Waals surface area contributed by atoms with Gasteiger partial charge in [0.1, 0.15) is 73.2 Å². The van der Waals surface area contributed by atoms with Gasteiger partial charge in [0.15, 0.2) is 18.9 Å². The zero-order valence-electron chi connectivity index (χ0n) is 17.7. The molecule has 0 radical (unpaired) electrons. The minimum atomic E-state index is -1.85. The normalized spacial score (nSPS) is 47.7. The molecule has 3 fully saturated rings. The second-order valence-corrected chi connectivity index (χ2v) is 8.34. The first-order valence-electron chi connectivity index (χ1n) is 10.6. The van der Waals surface area contributed by atoms with E-state index in [-0.39, 0.29) is 0 Å². The number of aliphatic hydroxyl groups excluding tert-OH is 11. The fraction of sp³-hybridized carbons (Fsp3) is 1.00. The smallest absolute Gasteiger partial charge is 0.187 e. The zero-order valence-corrected chi connectivity index (χ0v) is 17.7. The summed E-state index contributed by atoms with van der Waals surface area (Å²) in [6, 6.07) is 0. The highest BCUT2D eigenvalue weighted by atomic mass is 16.8. The third-order valence-corrected chi connectivity index (χ3v) is 6.04. The second-order valence-electron chi connectivity index (χ2n) is 8.34. The Morgan fingerprint density at radius 3 is 1.59 bits per heavy atom. The van der Waals surface area contributed by atoms with E-state index >= 15 is 0 Å². The van der Waals surface area contributed by atoms with E-state index in [2.05, 4.69) is 0 Å². The Bertz CT molecular complexity index is 641. The van der Waals surface area contributed by atoms with Gasteiger partial charge in [-0.2, -0.15) is 0 Å². The van der Waals surface area contributed by atoms with Crippen molar-refractivity contribution < 1.29 is 79.9 Å². The van der Waals surface area contributed by atoms with Gasteiger partial charge in [0.05, 0.1) is 19.8 Å². The maximum Gasteiger partial charge on any atom is 0.187 e. The summed E-state index contributed by atoms with van der Waals surface area (Å²) in [5, 5.41) is 108. The van der Waals surface area contributed by atoms with E-state index in [9.17, 15) is 46.0 Å². The molecular weight excluding hydrogens is 472 g/mol. The molecular formula is C18H32O16. The van der Waals surface area contributed by atoms with Crippen LogP contribution in [-0.4, -0.2) is 168 Å². The van der Waals surface area contributed by atoms with Gasteiger partial charge in [-0.3, -0.25) is 0 Å². The molecule has 16 heteroatoms. The van der Waals surface area contributed by atoms with E-state index in [1.165, 1.54) is 0 Å². The van der Waals surface area contributed by atoms with Gasteiger partial charge in [0.2, 0.25) is 0 Å². The van der Waals surface area contributed by atoms with Crippen LogP contribution in [0.3, 0.4) is 0 Å². The van der Waals surface area contributed by atoms with Crippen LogP contribution in [0.25, 0.3) is 0 Å². The molecule has 15 atom stereocenters. The van der Waals surface area contributed by atoms with Crippen molar-refractivity contribution in [2.24, 2.45) is 0 Å². The molecule has 200 valence electrons. The van der Waals surface area contributed by atoms with Gasteiger partial charge >= 0.3 is 0 Å². The van der Waals surface area contributed by atoms with Crippen molar-refractivity contribution >= 4 is 0 Å². The van der Waals surface area contributed by atoms with Crippen LogP contribution in [0.1, 0.15) is 0 Å². The summed E-state index contributed by atoms with van der Waals surface area (Å²) in [4.78, 5) is 0. The lowest BCUT2D eigenvalue weighted by atomic mass is 10.0. The molecule has 0 aromatic heterocycles. The van der Waals surface area contributed by atoms with Gasteiger partial charge in [-0.1, -0.05) is 0 Å². The zero-order chi connectivity index (χ0) is 25.3. The van der Waals surface area contributed by atoms with Crippen LogP contribution in [-0.2, 0) is 23.7 Å². The topological polar surface area (TPSA) is 269 Å². The molecule has 3 saturated heterocycles. The van der Waals surface area contributed by atoms with Crippen LogP contribution in [0, 0.1) is 0 Å². The van der Waals surface area contributed by atoms with E-state index in [0.29, 0.717) is 0 Å². The largest absolute Gasteiger partial charge is 0.394 e. The molecule has 0 unspecified atom stereocenters. The minimum absolute atomic E-state index is 0.786. The highest BCUT2D eigenvalue weighted by Gasteiger charge is 2.55. The third-order valence-electron chi connectivity index (χ3n) is 6.04. The molecule has 34 heavy (non-hydrogen) atoms. The number of ether oxygens (including phenoxy) is 5. The fourth-order valence-corrected chi connectivity index (χ4v) is 4.10. The van der Waals surface area contributed by atoms with E-state index in [1.54, 1.807) is 0 Å². The number of hydrogen-bond donors (Lipinski definition) is 11. The molecule has 0 aromatic carbocycles. The molecule has 0 aliphatic carbocycles. The van der Waals surface area contributed by atoms with Crippen LogP contribution in [0.5, 0.6) is 0 Å². The highest BCUT2D eigenvalue weighted by molar-refractivity contribution is 4.97. The maximum absolute atomic E-state index is 10.3. The highest BCUT2D eigenvalue weighted by Crippen LogP contribution is 2.34. The van der Waals surface area contributed by atoms with Crippen molar-refractivity contribution in [3.8, 4) is 0 Å². The molecule has 0 spiro atoms. The van der Waals surface area contributed by atoms with Crippen molar-refractivity contribution in [1.82, 2.24) is 0 Å². The fourth-order valence-electron chi connectivity index (χ4n) is 4.10. The lowest BCUT2D eigenvalue weighted by Crippen LogP contribution is -2.49. The van der Waals surface area contributed by atoms with Crippen molar-refractivity contribution in [1.29, 1.82) is 0 Å². The first-order chi connectivity index (χ1) is 16.0. The first kappa shape index (κ1) is 27.9. The summed E-state index contributed by atoms with van der Waals surface area (Å²) in [7, 11) is 0. The molecule has 0 bridgehead atoms. The van der Waals surface area contributed by atoms with Gasteiger partial charge < -0.3 is 79.9 Å². The van der Waals surface area contributed by atoms with Crippen molar-refractivity contribution in [3.63, 3.8) is 0 Å². The van der Waals surface area contributed by atoms with Crippen LogP contribution >= 0.6 is 0 Å². The summed E-state index contributed by atoms with van der Waals surface area (Å²) >= 11 is 0. The molecule has 3 aliphatic rings. The van der Waals surface area contributed by atoms with E-state index in [0.717, 1.165) is 0 Å².